The molecule has 0 radical (unpaired) electrons. The van der Waals surface area contributed by atoms with E-state index in [9.17, 15) is 9.18 Å². The number of benzene rings is 1. The van der Waals surface area contributed by atoms with Gasteiger partial charge in [0.05, 0.1) is 6.20 Å². The summed E-state index contributed by atoms with van der Waals surface area (Å²) in [6.45, 7) is 0. The van der Waals surface area contributed by atoms with E-state index in [0.717, 1.165) is 0 Å². The Morgan fingerprint density at radius 2 is 2.00 bits per heavy atom. The Morgan fingerprint density at radius 3 is 2.75 bits per heavy atom. The van der Waals surface area contributed by atoms with Gasteiger partial charge in [0.15, 0.2) is 5.65 Å². The summed E-state index contributed by atoms with van der Waals surface area (Å²) in [5.74, 6) is -0.611. The molecule has 0 aliphatic carbocycles. The molecule has 0 saturated carbocycles. The van der Waals surface area contributed by atoms with Gasteiger partial charge in [-0.15, -0.1) is 0 Å². The molecule has 3 aromatic rings. The van der Waals surface area contributed by atoms with Crippen molar-refractivity contribution in [2.24, 2.45) is 0 Å². The minimum atomic E-state index is -0.340. The van der Waals surface area contributed by atoms with Gasteiger partial charge >= 0.3 is 0 Å². The maximum Gasteiger partial charge on any atom is 0.278 e. The van der Waals surface area contributed by atoms with E-state index < -0.39 is 0 Å². The predicted molar refractivity (Wildman–Crippen MR) is 72.1 cm³/mol. The summed E-state index contributed by atoms with van der Waals surface area (Å²) in [6, 6.07) is 5.71. The van der Waals surface area contributed by atoms with Crippen LogP contribution in [0.3, 0.4) is 0 Å². The van der Waals surface area contributed by atoms with Crippen LogP contribution in [0.2, 0.25) is 0 Å². The van der Waals surface area contributed by atoms with E-state index in [1.807, 2.05) is 0 Å². The van der Waals surface area contributed by atoms with Gasteiger partial charge in [0, 0.05) is 31.3 Å². The Labute approximate surface area is 114 Å². The van der Waals surface area contributed by atoms with Crippen LogP contribution in [0.25, 0.3) is 5.65 Å². The quantitative estimate of drug-likeness (QED) is 0.717. The molecule has 2 aromatic heterocycles. The molecule has 2 heterocycles. The molecular formula is C14H11FN4O. The fourth-order valence-corrected chi connectivity index (χ4v) is 1.89. The number of anilines is 1. The number of carbonyl (C=O) groups excluding carboxylic acids is 1. The van der Waals surface area contributed by atoms with Crippen LogP contribution in [0, 0.1) is 5.82 Å². The zero-order valence-corrected chi connectivity index (χ0v) is 10.7. The number of rotatable bonds is 2. The van der Waals surface area contributed by atoms with Crippen molar-refractivity contribution < 1.29 is 9.18 Å². The van der Waals surface area contributed by atoms with Crippen LogP contribution >= 0.6 is 0 Å². The molecule has 0 unspecified atom stereocenters. The molecule has 0 aliphatic heterocycles. The first kappa shape index (κ1) is 12.3. The normalized spacial score (nSPS) is 10.7. The second-order valence-electron chi connectivity index (χ2n) is 4.31. The van der Waals surface area contributed by atoms with Crippen molar-refractivity contribution in [3.63, 3.8) is 0 Å². The summed E-state index contributed by atoms with van der Waals surface area (Å²) in [5, 5.41) is 0. The smallest absolute Gasteiger partial charge is 0.278 e. The lowest BCUT2D eigenvalue weighted by molar-refractivity contribution is 0.0988. The molecule has 0 bridgehead atoms. The SMILES string of the molecule is CN(C(=O)c1cn2ccnc2cn1)c1ccc(F)cc1. The number of hydrogen-bond donors (Lipinski definition) is 0. The van der Waals surface area contributed by atoms with Crippen LogP contribution in [0.15, 0.2) is 49.1 Å². The Balaban J connectivity index is 1.92. The molecule has 6 heteroatoms. The highest BCUT2D eigenvalue weighted by molar-refractivity contribution is 6.04. The van der Waals surface area contributed by atoms with Crippen molar-refractivity contribution in [1.82, 2.24) is 14.4 Å². The van der Waals surface area contributed by atoms with Gasteiger partial charge in [-0.3, -0.25) is 4.79 Å². The minimum Gasteiger partial charge on any atom is -0.310 e. The van der Waals surface area contributed by atoms with E-state index in [1.165, 1.54) is 23.2 Å². The number of fused-ring (bicyclic) bond motifs is 1. The summed E-state index contributed by atoms with van der Waals surface area (Å²) < 4.78 is 14.6. The molecule has 20 heavy (non-hydrogen) atoms. The van der Waals surface area contributed by atoms with Gasteiger partial charge in [0.2, 0.25) is 0 Å². The summed E-state index contributed by atoms with van der Waals surface area (Å²) in [5.41, 5.74) is 1.57. The second kappa shape index (κ2) is 4.73. The molecule has 5 nitrogen and oxygen atoms in total. The summed E-state index contributed by atoms with van der Waals surface area (Å²) in [4.78, 5) is 21.9. The fraction of sp³-hybridized carbons (Fsp3) is 0.0714. The molecule has 0 fully saturated rings. The number of imidazole rings is 1. The van der Waals surface area contributed by atoms with Crippen LogP contribution in [0.1, 0.15) is 10.5 Å². The number of carbonyl (C=O) groups is 1. The van der Waals surface area contributed by atoms with E-state index in [2.05, 4.69) is 9.97 Å². The monoisotopic (exact) mass is 270 g/mol. The Kier molecular flexibility index (Phi) is 2.90. The van der Waals surface area contributed by atoms with E-state index in [0.29, 0.717) is 17.0 Å². The number of amides is 1. The number of nitrogens with zero attached hydrogens (tertiary/aromatic N) is 4. The number of halogens is 1. The highest BCUT2D eigenvalue weighted by Crippen LogP contribution is 2.15. The zero-order valence-electron chi connectivity index (χ0n) is 10.7. The summed E-state index contributed by atoms with van der Waals surface area (Å²) in [6.07, 6.45) is 6.52. The molecule has 3 rings (SSSR count). The molecule has 0 atom stereocenters. The summed E-state index contributed by atoms with van der Waals surface area (Å²) in [7, 11) is 1.62. The highest BCUT2D eigenvalue weighted by Gasteiger charge is 2.15. The van der Waals surface area contributed by atoms with Crippen LogP contribution in [0.4, 0.5) is 10.1 Å². The molecule has 0 saturated heterocycles. The van der Waals surface area contributed by atoms with Crippen molar-refractivity contribution >= 4 is 17.2 Å². The molecule has 1 aromatic carbocycles. The number of aromatic nitrogens is 3. The van der Waals surface area contributed by atoms with Gasteiger partial charge in [-0.05, 0) is 24.3 Å². The zero-order chi connectivity index (χ0) is 14.1. The van der Waals surface area contributed by atoms with Crippen molar-refractivity contribution in [3.8, 4) is 0 Å². The Hall–Kier alpha value is -2.76. The first-order valence-corrected chi connectivity index (χ1v) is 5.97. The second-order valence-corrected chi connectivity index (χ2v) is 4.31. The van der Waals surface area contributed by atoms with Gasteiger partial charge < -0.3 is 9.30 Å². The maximum atomic E-state index is 12.9. The highest BCUT2D eigenvalue weighted by atomic mass is 19.1. The third-order valence-electron chi connectivity index (χ3n) is 3.02. The minimum absolute atomic E-state index is 0.271. The average molecular weight is 270 g/mol. The van der Waals surface area contributed by atoms with E-state index in [-0.39, 0.29) is 11.7 Å². The molecule has 0 aliphatic rings. The van der Waals surface area contributed by atoms with Gasteiger partial charge in [-0.2, -0.15) is 0 Å². The van der Waals surface area contributed by atoms with Gasteiger partial charge in [-0.1, -0.05) is 0 Å². The van der Waals surface area contributed by atoms with Gasteiger partial charge in [-0.25, -0.2) is 14.4 Å². The molecule has 0 N–H and O–H groups in total. The Bertz CT molecular complexity index is 766. The standard InChI is InChI=1S/C14H11FN4O/c1-18(11-4-2-10(15)3-5-11)14(20)12-9-19-7-6-16-13(19)8-17-12/h2-9H,1H3. The lowest BCUT2D eigenvalue weighted by Gasteiger charge is -2.16. The van der Waals surface area contributed by atoms with E-state index >= 15 is 0 Å². The third kappa shape index (κ3) is 2.11. The summed E-state index contributed by atoms with van der Waals surface area (Å²) >= 11 is 0. The van der Waals surface area contributed by atoms with Gasteiger partial charge in [0.25, 0.3) is 5.91 Å². The van der Waals surface area contributed by atoms with E-state index in [1.54, 1.807) is 42.2 Å². The van der Waals surface area contributed by atoms with Crippen molar-refractivity contribution in [3.05, 3.63) is 60.6 Å². The van der Waals surface area contributed by atoms with E-state index in [4.69, 9.17) is 0 Å². The first-order chi connectivity index (χ1) is 9.65. The van der Waals surface area contributed by atoms with Crippen LogP contribution in [-0.2, 0) is 0 Å². The predicted octanol–water partition coefficient (Wildman–Crippen LogP) is 2.14. The molecule has 1 amide bonds. The largest absolute Gasteiger partial charge is 0.310 e. The van der Waals surface area contributed by atoms with Crippen molar-refractivity contribution in [2.75, 3.05) is 11.9 Å². The van der Waals surface area contributed by atoms with Crippen molar-refractivity contribution in [1.29, 1.82) is 0 Å². The van der Waals surface area contributed by atoms with Crippen LogP contribution in [0.5, 0.6) is 0 Å². The van der Waals surface area contributed by atoms with Crippen molar-refractivity contribution in [2.45, 2.75) is 0 Å². The molecular weight excluding hydrogens is 259 g/mol. The lowest BCUT2D eigenvalue weighted by atomic mass is 10.2. The van der Waals surface area contributed by atoms with Crippen LogP contribution < -0.4 is 4.90 Å². The lowest BCUT2D eigenvalue weighted by Crippen LogP contribution is -2.27. The molecule has 100 valence electrons. The third-order valence-corrected chi connectivity index (χ3v) is 3.02. The Morgan fingerprint density at radius 1 is 1.25 bits per heavy atom. The topological polar surface area (TPSA) is 50.5 Å². The average Bonchev–Trinajstić information content (AvgIpc) is 2.94. The van der Waals surface area contributed by atoms with Crippen LogP contribution in [-0.4, -0.2) is 27.3 Å². The fourth-order valence-electron chi connectivity index (χ4n) is 1.89. The maximum absolute atomic E-state index is 12.9. The van der Waals surface area contributed by atoms with Gasteiger partial charge in [0.1, 0.15) is 11.5 Å². The molecule has 0 spiro atoms. The number of hydrogen-bond acceptors (Lipinski definition) is 3. The first-order valence-electron chi connectivity index (χ1n) is 5.97.